The van der Waals surface area contributed by atoms with Crippen molar-refractivity contribution in [3.63, 3.8) is 0 Å². The van der Waals surface area contributed by atoms with Crippen molar-refractivity contribution >= 4 is 49.3 Å². The number of nitrogens with zero attached hydrogens (tertiary/aromatic N) is 2. The van der Waals surface area contributed by atoms with Gasteiger partial charge in [0.2, 0.25) is 5.13 Å². The number of carbonyl (C=O) groups is 1. The molecule has 2 N–H and O–H groups in total. The van der Waals surface area contributed by atoms with Crippen molar-refractivity contribution in [2.75, 3.05) is 11.9 Å². The van der Waals surface area contributed by atoms with E-state index in [1.165, 1.54) is 23.5 Å². The molecular weight excluding hydrogens is 515 g/mol. The zero-order chi connectivity index (χ0) is 22.9. The predicted octanol–water partition coefficient (Wildman–Crippen LogP) is 5.04. The highest BCUT2D eigenvalue weighted by atomic mass is 79.9. The highest BCUT2D eigenvalue weighted by molar-refractivity contribution is 9.10. The highest BCUT2D eigenvalue weighted by Crippen LogP contribution is 2.35. The van der Waals surface area contributed by atoms with E-state index in [9.17, 15) is 13.4 Å². The Labute approximate surface area is 200 Å². The molecule has 1 amide bonds. The van der Waals surface area contributed by atoms with Crippen LogP contribution in [0.4, 0.5) is 9.52 Å². The summed E-state index contributed by atoms with van der Waals surface area (Å²) >= 11 is 4.67. The first kappa shape index (κ1) is 23.2. The van der Waals surface area contributed by atoms with Gasteiger partial charge in [0.05, 0.1) is 10.5 Å². The second-order valence-corrected chi connectivity index (χ2v) is 11.4. The molecule has 168 valence electrons. The van der Waals surface area contributed by atoms with E-state index < -0.39 is 28.1 Å². The van der Waals surface area contributed by atoms with Crippen LogP contribution < -0.4 is 10.0 Å². The third kappa shape index (κ3) is 5.31. The zero-order valence-corrected chi connectivity index (χ0v) is 20.7. The minimum absolute atomic E-state index is 0.187. The molecule has 1 aromatic heterocycles. The van der Waals surface area contributed by atoms with Gasteiger partial charge in [0.1, 0.15) is 21.8 Å². The van der Waals surface area contributed by atoms with E-state index in [0.717, 1.165) is 34.0 Å². The first-order chi connectivity index (χ1) is 15.2. The molecule has 0 spiro atoms. The maximum Gasteiger partial charge on any atom is 0.260 e. The Morgan fingerprint density at radius 3 is 2.62 bits per heavy atom. The Bertz CT molecular complexity index is 1160. The number of anilines is 1. The summed E-state index contributed by atoms with van der Waals surface area (Å²) in [6, 6.07) is 11.8. The monoisotopic (exact) mass is 536 g/mol. The van der Waals surface area contributed by atoms with E-state index in [1.807, 2.05) is 38.1 Å². The summed E-state index contributed by atoms with van der Waals surface area (Å²) in [6.07, 6.45) is 2.26. The van der Waals surface area contributed by atoms with Gasteiger partial charge < -0.3 is 0 Å². The fourth-order valence-corrected chi connectivity index (χ4v) is 5.17. The Kier molecular flexibility index (Phi) is 6.85. The molecule has 2 aromatic carbocycles. The van der Waals surface area contributed by atoms with Gasteiger partial charge in [-0.1, -0.05) is 39.4 Å². The summed E-state index contributed by atoms with van der Waals surface area (Å²) in [5.74, 6) is -0.798. The molecular formula is C22H22BrFN4O2S2. The molecule has 3 aromatic rings. The highest BCUT2D eigenvalue weighted by Gasteiger charge is 2.28. The lowest BCUT2D eigenvalue weighted by Crippen LogP contribution is -2.21. The number of aromatic nitrogens is 2. The Morgan fingerprint density at radius 2 is 1.94 bits per heavy atom. The van der Waals surface area contributed by atoms with Gasteiger partial charge in [-0.05, 0) is 68.5 Å². The van der Waals surface area contributed by atoms with Gasteiger partial charge in [-0.2, -0.15) is 0 Å². The third-order valence-corrected chi connectivity index (χ3v) is 8.14. The first-order valence-electron chi connectivity index (χ1n) is 10.1. The topological polar surface area (TPSA) is 84.0 Å². The maximum atomic E-state index is 14.3. The second kappa shape index (κ2) is 9.46. The lowest BCUT2D eigenvalue weighted by atomic mass is 9.85. The van der Waals surface area contributed by atoms with E-state index >= 15 is 0 Å². The largest absolute Gasteiger partial charge is 0.296 e. The van der Waals surface area contributed by atoms with E-state index in [0.29, 0.717) is 17.4 Å². The number of halogens is 2. The number of amides is 1. The molecule has 1 aliphatic carbocycles. The molecule has 1 saturated carbocycles. The van der Waals surface area contributed by atoms with Gasteiger partial charge in [-0.15, -0.1) is 10.2 Å². The number of hydrogen-bond acceptors (Lipinski definition) is 5. The number of carbonyl (C=O) groups excluding carboxylic acids is 1. The van der Waals surface area contributed by atoms with E-state index in [4.69, 9.17) is 0 Å². The molecule has 10 heteroatoms. The fourth-order valence-electron chi connectivity index (χ4n) is 3.07. The molecule has 4 rings (SSSR count). The van der Waals surface area contributed by atoms with Crippen LogP contribution in [-0.2, 0) is 16.4 Å². The van der Waals surface area contributed by atoms with Crippen molar-refractivity contribution in [3.8, 4) is 0 Å². The van der Waals surface area contributed by atoms with Crippen molar-refractivity contribution in [2.24, 2.45) is 5.92 Å². The second-order valence-electron chi connectivity index (χ2n) is 8.20. The number of benzene rings is 2. The fraction of sp³-hybridized carbons (Fsp3) is 0.318. The molecule has 1 aliphatic rings. The van der Waals surface area contributed by atoms with Gasteiger partial charge in [0, 0.05) is 16.4 Å². The molecule has 1 unspecified atom stereocenters. The lowest BCUT2D eigenvalue weighted by Gasteiger charge is -2.21. The number of nitrogens with one attached hydrogen (secondary N) is 2. The summed E-state index contributed by atoms with van der Waals surface area (Å²) in [4.78, 5) is 13.1. The van der Waals surface area contributed by atoms with Crippen LogP contribution in [0.1, 0.15) is 47.6 Å². The van der Waals surface area contributed by atoms with Crippen LogP contribution >= 0.6 is 27.3 Å². The van der Waals surface area contributed by atoms with Crippen molar-refractivity contribution in [3.05, 3.63) is 68.9 Å². The molecule has 6 nitrogen and oxygen atoms in total. The summed E-state index contributed by atoms with van der Waals surface area (Å²) in [5.41, 5.74) is 0.444. The molecule has 1 atom stereocenters. The average molecular weight is 537 g/mol. The number of rotatable bonds is 8. The van der Waals surface area contributed by atoms with Crippen molar-refractivity contribution in [2.45, 2.75) is 37.0 Å². The summed E-state index contributed by atoms with van der Waals surface area (Å²) in [6.45, 7) is 4.69. The van der Waals surface area contributed by atoms with Crippen LogP contribution in [0.3, 0.4) is 0 Å². The molecule has 0 bridgehead atoms. The summed E-state index contributed by atoms with van der Waals surface area (Å²) in [5, 5.41) is 11.9. The van der Waals surface area contributed by atoms with Crippen LogP contribution in [-0.4, -0.2) is 26.9 Å². The molecule has 32 heavy (non-hydrogen) atoms. The zero-order valence-electron chi connectivity index (χ0n) is 17.5. The molecule has 0 aliphatic heterocycles. The van der Waals surface area contributed by atoms with E-state index in [-0.39, 0.29) is 10.7 Å². The lowest BCUT2D eigenvalue weighted by molar-refractivity contribution is 0.102. The normalized spacial score (nSPS) is 14.9. The van der Waals surface area contributed by atoms with Crippen molar-refractivity contribution in [1.82, 2.24) is 14.9 Å². The molecule has 0 radical (unpaired) electrons. The maximum absolute atomic E-state index is 14.3. The smallest absolute Gasteiger partial charge is 0.260 e. The van der Waals surface area contributed by atoms with Crippen LogP contribution in [0.5, 0.6) is 0 Å². The molecule has 0 saturated heterocycles. The first-order valence-corrected chi connectivity index (χ1v) is 12.9. The summed E-state index contributed by atoms with van der Waals surface area (Å²) < 4.78 is 30.7. The van der Waals surface area contributed by atoms with Crippen molar-refractivity contribution in [1.29, 1.82) is 0 Å². The van der Waals surface area contributed by atoms with E-state index in [1.54, 1.807) is 0 Å². The Morgan fingerprint density at radius 1 is 1.22 bits per heavy atom. The van der Waals surface area contributed by atoms with Crippen molar-refractivity contribution < 1.29 is 13.4 Å². The Balaban J connectivity index is 1.48. The summed E-state index contributed by atoms with van der Waals surface area (Å²) in [7, 11) is -1.50. The minimum Gasteiger partial charge on any atom is -0.296 e. The van der Waals surface area contributed by atoms with Gasteiger partial charge in [0.15, 0.2) is 0 Å². The minimum atomic E-state index is -1.50. The standard InChI is InChI=1S/C22H22BrFN4O2S2/c1-22(2,14-5-7-15(23)8-6-14)20-27-28-21(31-20)26-19(29)17-11-16(9-10-18(17)24)32(30)25-12-13-3-4-13/h5-11,13,25H,3-4,12H2,1-2H3,(H,26,28,29). The van der Waals surface area contributed by atoms with Gasteiger partial charge >= 0.3 is 0 Å². The third-order valence-electron chi connectivity index (χ3n) is 5.34. The SMILES string of the molecule is CC(C)(c1ccc(Br)cc1)c1nnc(NC(=O)c2cc(S(=O)NCC3CC3)ccc2F)s1. The van der Waals surface area contributed by atoms with Crippen LogP contribution in [0.2, 0.25) is 0 Å². The van der Waals surface area contributed by atoms with Crippen LogP contribution in [0, 0.1) is 11.7 Å². The van der Waals surface area contributed by atoms with E-state index in [2.05, 4.69) is 36.2 Å². The van der Waals surface area contributed by atoms with Crippen LogP contribution in [0.25, 0.3) is 0 Å². The molecule has 1 heterocycles. The van der Waals surface area contributed by atoms with Crippen LogP contribution in [0.15, 0.2) is 51.8 Å². The van der Waals surface area contributed by atoms with Gasteiger partial charge in [-0.25, -0.2) is 13.3 Å². The predicted molar refractivity (Wildman–Crippen MR) is 128 cm³/mol. The number of hydrogen-bond donors (Lipinski definition) is 2. The quantitative estimate of drug-likeness (QED) is 0.422. The average Bonchev–Trinajstić information content (AvgIpc) is 3.48. The molecule has 1 fully saturated rings. The van der Waals surface area contributed by atoms with Gasteiger partial charge in [-0.3, -0.25) is 10.1 Å². The van der Waals surface area contributed by atoms with Gasteiger partial charge in [0.25, 0.3) is 5.91 Å². The Hall–Kier alpha value is -2.01.